The van der Waals surface area contributed by atoms with Gasteiger partial charge in [-0.15, -0.1) is 0 Å². The molecule has 8 nitrogen and oxygen atoms in total. The van der Waals surface area contributed by atoms with Crippen LogP contribution in [-0.4, -0.2) is 35.5 Å². The summed E-state index contributed by atoms with van der Waals surface area (Å²) in [4.78, 5) is 33.6. The van der Waals surface area contributed by atoms with Gasteiger partial charge >= 0.3 is 0 Å². The Hall–Kier alpha value is -3.36. The van der Waals surface area contributed by atoms with Gasteiger partial charge in [0.15, 0.2) is 11.5 Å². The number of pyridine rings is 2. The molecular formula is C22H18Cl2N4O4. The number of benzene rings is 1. The van der Waals surface area contributed by atoms with Crippen LogP contribution in [0.2, 0.25) is 10.0 Å². The predicted molar refractivity (Wildman–Crippen MR) is 121 cm³/mol. The third kappa shape index (κ3) is 4.46. The summed E-state index contributed by atoms with van der Waals surface area (Å²) < 4.78 is 11.2. The maximum atomic E-state index is 13.1. The monoisotopic (exact) mass is 472 g/mol. The van der Waals surface area contributed by atoms with Gasteiger partial charge in [0.05, 0.1) is 41.3 Å². The molecule has 1 aliphatic rings. The van der Waals surface area contributed by atoms with E-state index in [1.807, 2.05) is 0 Å². The molecule has 4 rings (SSSR count). The largest absolute Gasteiger partial charge is 0.493 e. The molecule has 0 aliphatic carbocycles. The van der Waals surface area contributed by atoms with E-state index in [-0.39, 0.29) is 40.6 Å². The average molecular weight is 473 g/mol. The molecule has 0 radical (unpaired) electrons. The second kappa shape index (κ2) is 9.42. The zero-order valence-corrected chi connectivity index (χ0v) is 18.4. The molecule has 0 saturated carbocycles. The Morgan fingerprint density at radius 3 is 2.59 bits per heavy atom. The van der Waals surface area contributed by atoms with Crippen molar-refractivity contribution in [2.75, 3.05) is 24.4 Å². The van der Waals surface area contributed by atoms with Gasteiger partial charge in [0.2, 0.25) is 5.91 Å². The first-order valence-electron chi connectivity index (χ1n) is 9.61. The fraction of sp³-hybridized carbons (Fsp3) is 0.182. The van der Waals surface area contributed by atoms with E-state index in [0.29, 0.717) is 28.3 Å². The Labute approximate surface area is 193 Å². The summed E-state index contributed by atoms with van der Waals surface area (Å²) in [6.45, 7) is 0.229. The van der Waals surface area contributed by atoms with Gasteiger partial charge in [-0.3, -0.25) is 19.6 Å². The van der Waals surface area contributed by atoms with Gasteiger partial charge in [-0.1, -0.05) is 23.2 Å². The molecule has 1 atom stereocenters. The first kappa shape index (κ1) is 21.9. The van der Waals surface area contributed by atoms with E-state index in [4.69, 9.17) is 32.7 Å². The lowest BCUT2D eigenvalue weighted by atomic mass is 9.92. The molecule has 0 bridgehead atoms. The molecule has 1 unspecified atom stereocenters. The highest BCUT2D eigenvalue weighted by molar-refractivity contribution is 6.39. The highest BCUT2D eigenvalue weighted by Crippen LogP contribution is 2.45. The molecule has 2 N–H and O–H groups in total. The van der Waals surface area contributed by atoms with Crippen molar-refractivity contribution in [2.45, 2.75) is 12.3 Å². The standard InChI is InChI=1S/C22H18Cl2N4O4/c1-31-17-5-4-14(22(30)28-20-15(23)9-26-10-16(20)24)19-12(11-32-21(17)19)7-18(29)27-13-3-2-6-25-8-13/h2-6,8-10,12H,7,11H2,1H3,(H,27,29)(H,26,28,30). The summed E-state index contributed by atoms with van der Waals surface area (Å²) in [5.74, 6) is -0.116. The molecule has 1 aromatic carbocycles. The molecule has 1 aliphatic heterocycles. The molecule has 0 saturated heterocycles. The van der Waals surface area contributed by atoms with E-state index in [0.717, 1.165) is 0 Å². The van der Waals surface area contributed by atoms with Gasteiger partial charge in [0.25, 0.3) is 5.91 Å². The predicted octanol–water partition coefficient (Wildman–Crippen LogP) is 4.55. The summed E-state index contributed by atoms with van der Waals surface area (Å²) >= 11 is 12.3. The highest BCUT2D eigenvalue weighted by Gasteiger charge is 2.34. The van der Waals surface area contributed by atoms with Crippen molar-refractivity contribution in [2.24, 2.45) is 0 Å². The van der Waals surface area contributed by atoms with Crippen LogP contribution in [0.15, 0.2) is 49.1 Å². The number of hydrogen-bond donors (Lipinski definition) is 2. The van der Waals surface area contributed by atoms with E-state index < -0.39 is 5.91 Å². The van der Waals surface area contributed by atoms with Crippen LogP contribution >= 0.6 is 23.2 Å². The van der Waals surface area contributed by atoms with Crippen LogP contribution in [0.25, 0.3) is 0 Å². The second-order valence-electron chi connectivity index (χ2n) is 6.99. The number of anilines is 2. The normalized spacial score (nSPS) is 14.3. The van der Waals surface area contributed by atoms with Crippen LogP contribution in [0.5, 0.6) is 11.5 Å². The number of amides is 2. The summed E-state index contributed by atoms with van der Waals surface area (Å²) in [6, 6.07) is 6.73. The van der Waals surface area contributed by atoms with Gasteiger partial charge in [-0.05, 0) is 24.3 Å². The van der Waals surface area contributed by atoms with E-state index >= 15 is 0 Å². The Kier molecular flexibility index (Phi) is 6.43. The maximum absolute atomic E-state index is 13.1. The van der Waals surface area contributed by atoms with Gasteiger partial charge in [-0.25, -0.2) is 0 Å². The van der Waals surface area contributed by atoms with E-state index in [1.54, 1.807) is 36.7 Å². The van der Waals surface area contributed by atoms with Crippen LogP contribution < -0.4 is 20.1 Å². The number of methoxy groups -OCH3 is 1. The number of aromatic nitrogens is 2. The lowest BCUT2D eigenvalue weighted by Gasteiger charge is -2.15. The van der Waals surface area contributed by atoms with Crippen molar-refractivity contribution >= 4 is 46.4 Å². The van der Waals surface area contributed by atoms with E-state index in [9.17, 15) is 9.59 Å². The molecule has 0 fully saturated rings. The number of carbonyl (C=O) groups is 2. The Balaban J connectivity index is 1.62. The van der Waals surface area contributed by atoms with Gasteiger partial charge < -0.3 is 20.1 Å². The topological polar surface area (TPSA) is 102 Å². The van der Waals surface area contributed by atoms with Gasteiger partial charge in [0, 0.05) is 42.1 Å². The fourth-order valence-electron chi connectivity index (χ4n) is 3.50. The molecule has 3 heterocycles. The minimum atomic E-state index is -0.443. The second-order valence-corrected chi connectivity index (χ2v) is 7.81. The first-order valence-corrected chi connectivity index (χ1v) is 10.4. The SMILES string of the molecule is COc1ccc(C(=O)Nc2c(Cl)cncc2Cl)c2c1OCC2CC(=O)Nc1cccnc1. The lowest BCUT2D eigenvalue weighted by Crippen LogP contribution is -2.19. The van der Waals surface area contributed by atoms with Crippen LogP contribution in [0.1, 0.15) is 28.3 Å². The number of rotatable bonds is 6. The van der Waals surface area contributed by atoms with Crippen LogP contribution in [0.3, 0.4) is 0 Å². The molecule has 2 aromatic heterocycles. The number of halogens is 2. The Morgan fingerprint density at radius 1 is 1.12 bits per heavy atom. The number of hydrogen-bond acceptors (Lipinski definition) is 6. The van der Waals surface area contributed by atoms with Crippen molar-refractivity contribution < 1.29 is 19.1 Å². The van der Waals surface area contributed by atoms with Crippen molar-refractivity contribution in [3.63, 3.8) is 0 Å². The number of nitrogens with one attached hydrogen (secondary N) is 2. The lowest BCUT2D eigenvalue weighted by molar-refractivity contribution is -0.116. The minimum Gasteiger partial charge on any atom is -0.493 e. The smallest absolute Gasteiger partial charge is 0.256 e. The number of ether oxygens (including phenoxy) is 2. The van der Waals surface area contributed by atoms with Crippen molar-refractivity contribution in [3.8, 4) is 11.5 Å². The summed E-state index contributed by atoms with van der Waals surface area (Å²) in [5, 5.41) is 5.94. The minimum absolute atomic E-state index is 0.103. The first-order chi connectivity index (χ1) is 15.5. The summed E-state index contributed by atoms with van der Waals surface area (Å²) in [6.07, 6.45) is 6.05. The number of fused-ring (bicyclic) bond motifs is 1. The number of carbonyl (C=O) groups excluding carboxylic acids is 2. The van der Waals surface area contributed by atoms with Gasteiger partial charge in [0.1, 0.15) is 0 Å². The Bertz CT molecular complexity index is 1150. The molecule has 32 heavy (non-hydrogen) atoms. The molecule has 164 valence electrons. The molecule has 2 amide bonds. The van der Waals surface area contributed by atoms with E-state index in [1.165, 1.54) is 19.5 Å². The average Bonchev–Trinajstić information content (AvgIpc) is 3.20. The molecule has 3 aromatic rings. The quantitative estimate of drug-likeness (QED) is 0.545. The van der Waals surface area contributed by atoms with Crippen LogP contribution in [0.4, 0.5) is 11.4 Å². The summed E-state index contributed by atoms with van der Waals surface area (Å²) in [5.41, 5.74) is 1.76. The number of nitrogens with zero attached hydrogens (tertiary/aromatic N) is 2. The van der Waals surface area contributed by atoms with Crippen LogP contribution in [-0.2, 0) is 4.79 Å². The van der Waals surface area contributed by atoms with Gasteiger partial charge in [-0.2, -0.15) is 0 Å². The third-order valence-electron chi connectivity index (χ3n) is 4.93. The zero-order chi connectivity index (χ0) is 22.7. The molecule has 0 spiro atoms. The summed E-state index contributed by atoms with van der Waals surface area (Å²) in [7, 11) is 1.51. The van der Waals surface area contributed by atoms with Crippen molar-refractivity contribution in [1.82, 2.24) is 9.97 Å². The highest BCUT2D eigenvalue weighted by atomic mass is 35.5. The van der Waals surface area contributed by atoms with Crippen molar-refractivity contribution in [1.29, 1.82) is 0 Å². The fourth-order valence-corrected chi connectivity index (χ4v) is 3.96. The van der Waals surface area contributed by atoms with Crippen molar-refractivity contribution in [3.05, 3.63) is 70.2 Å². The molecule has 10 heteroatoms. The maximum Gasteiger partial charge on any atom is 0.256 e. The molecular weight excluding hydrogens is 455 g/mol. The zero-order valence-electron chi connectivity index (χ0n) is 16.9. The Morgan fingerprint density at radius 2 is 1.91 bits per heavy atom. The van der Waals surface area contributed by atoms with Crippen LogP contribution in [0, 0.1) is 0 Å². The van der Waals surface area contributed by atoms with E-state index in [2.05, 4.69) is 20.6 Å². The third-order valence-corrected chi connectivity index (χ3v) is 5.50.